The second kappa shape index (κ2) is 7.24. The lowest BCUT2D eigenvalue weighted by atomic mass is 10.1. The van der Waals surface area contributed by atoms with Crippen LogP contribution in [0.2, 0.25) is 0 Å². The van der Waals surface area contributed by atoms with Crippen molar-refractivity contribution < 1.29 is 4.74 Å². The highest BCUT2D eigenvalue weighted by Crippen LogP contribution is 2.24. The molecule has 0 bridgehead atoms. The van der Waals surface area contributed by atoms with E-state index in [9.17, 15) is 4.79 Å². The van der Waals surface area contributed by atoms with Crippen molar-refractivity contribution >= 4 is 21.7 Å². The molecule has 5 rings (SSSR count). The number of ether oxygens (including phenoxy) is 1. The van der Waals surface area contributed by atoms with E-state index in [0.717, 1.165) is 16.9 Å². The van der Waals surface area contributed by atoms with Crippen molar-refractivity contribution in [1.82, 2.24) is 9.97 Å². The molecular weight excluding hydrogens is 360 g/mol. The molecule has 4 nitrogen and oxygen atoms in total. The van der Waals surface area contributed by atoms with Gasteiger partial charge in [0.15, 0.2) is 0 Å². The molecule has 29 heavy (non-hydrogen) atoms. The fourth-order valence-corrected chi connectivity index (χ4v) is 3.54. The minimum Gasteiger partial charge on any atom is -0.489 e. The summed E-state index contributed by atoms with van der Waals surface area (Å²) in [6, 6.07) is 29.5. The maximum Gasteiger partial charge on any atom is 0.259 e. The van der Waals surface area contributed by atoms with Crippen LogP contribution in [0.25, 0.3) is 33.1 Å². The van der Waals surface area contributed by atoms with Gasteiger partial charge in [-0.15, -0.1) is 0 Å². The molecule has 0 fully saturated rings. The summed E-state index contributed by atoms with van der Waals surface area (Å²) in [5, 5.41) is 2.96. The van der Waals surface area contributed by atoms with Gasteiger partial charge in [-0.25, -0.2) is 4.98 Å². The summed E-state index contributed by atoms with van der Waals surface area (Å²) < 4.78 is 6.06. The summed E-state index contributed by atoms with van der Waals surface area (Å²) >= 11 is 0. The largest absolute Gasteiger partial charge is 0.489 e. The molecule has 0 unspecified atom stereocenters. The number of nitrogens with one attached hydrogen (secondary N) is 1. The van der Waals surface area contributed by atoms with Crippen LogP contribution in [0.5, 0.6) is 5.75 Å². The van der Waals surface area contributed by atoms with Gasteiger partial charge in [0.2, 0.25) is 0 Å². The molecule has 0 aliphatic rings. The van der Waals surface area contributed by atoms with Crippen LogP contribution in [-0.2, 0) is 6.61 Å². The number of aromatic amines is 1. The second-order valence-corrected chi connectivity index (χ2v) is 6.89. The van der Waals surface area contributed by atoms with Gasteiger partial charge in [0.25, 0.3) is 5.56 Å². The first-order chi connectivity index (χ1) is 14.3. The van der Waals surface area contributed by atoms with Crippen LogP contribution >= 0.6 is 0 Å². The van der Waals surface area contributed by atoms with Crippen molar-refractivity contribution in [2.75, 3.05) is 0 Å². The van der Waals surface area contributed by atoms with Gasteiger partial charge in [-0.2, -0.15) is 0 Å². The third-order valence-corrected chi connectivity index (χ3v) is 4.99. The number of para-hydroxylation sites is 1. The molecule has 1 heterocycles. The molecule has 1 aromatic heterocycles. The topological polar surface area (TPSA) is 55.0 Å². The Morgan fingerprint density at radius 1 is 0.793 bits per heavy atom. The summed E-state index contributed by atoms with van der Waals surface area (Å²) in [6.07, 6.45) is 0. The molecule has 0 amide bonds. The van der Waals surface area contributed by atoms with Gasteiger partial charge in [-0.1, -0.05) is 66.7 Å². The van der Waals surface area contributed by atoms with Crippen molar-refractivity contribution in [2.45, 2.75) is 6.61 Å². The average Bonchev–Trinajstić information content (AvgIpc) is 2.78. The summed E-state index contributed by atoms with van der Waals surface area (Å²) in [5.41, 5.74) is 2.47. The smallest absolute Gasteiger partial charge is 0.259 e. The third kappa shape index (κ3) is 3.36. The van der Waals surface area contributed by atoms with E-state index in [0.29, 0.717) is 23.3 Å². The van der Waals surface area contributed by atoms with Crippen LogP contribution in [0.3, 0.4) is 0 Å². The normalized spacial score (nSPS) is 11.0. The predicted octanol–water partition coefficient (Wildman–Crippen LogP) is 5.32. The number of benzene rings is 4. The maximum absolute atomic E-state index is 12.4. The zero-order valence-corrected chi connectivity index (χ0v) is 15.6. The number of fused-ring (bicyclic) bond motifs is 2. The third-order valence-electron chi connectivity index (χ3n) is 4.99. The molecule has 0 atom stereocenters. The van der Waals surface area contributed by atoms with Crippen LogP contribution in [0.1, 0.15) is 5.56 Å². The molecule has 1 N–H and O–H groups in total. The van der Waals surface area contributed by atoms with Gasteiger partial charge in [0, 0.05) is 5.56 Å². The Kier molecular flexibility index (Phi) is 4.30. The standard InChI is InChI=1S/C25H18N2O2/c28-25-22-13-3-4-14-23(22)26-24(27-25)18-9-6-11-20(15-18)29-16-19-10-5-8-17-7-1-2-12-21(17)19/h1-15H,16H2,(H,26,27,28). The molecule has 0 aliphatic heterocycles. The molecule has 0 saturated carbocycles. The molecule has 4 heteroatoms. The van der Waals surface area contributed by atoms with E-state index in [1.54, 1.807) is 6.07 Å². The van der Waals surface area contributed by atoms with E-state index in [-0.39, 0.29) is 5.56 Å². The van der Waals surface area contributed by atoms with Gasteiger partial charge in [-0.05, 0) is 40.6 Å². The Morgan fingerprint density at radius 2 is 1.55 bits per heavy atom. The van der Waals surface area contributed by atoms with Crippen molar-refractivity contribution in [3.05, 3.63) is 107 Å². The number of H-pyrrole nitrogens is 1. The van der Waals surface area contributed by atoms with E-state index in [2.05, 4.69) is 34.2 Å². The average molecular weight is 378 g/mol. The van der Waals surface area contributed by atoms with Crippen LogP contribution in [0.15, 0.2) is 95.8 Å². The van der Waals surface area contributed by atoms with Gasteiger partial charge in [-0.3, -0.25) is 4.79 Å². The lowest BCUT2D eigenvalue weighted by molar-refractivity contribution is 0.308. The van der Waals surface area contributed by atoms with Crippen molar-refractivity contribution in [2.24, 2.45) is 0 Å². The lowest BCUT2D eigenvalue weighted by Gasteiger charge is -2.10. The fraction of sp³-hybridized carbons (Fsp3) is 0.0400. The van der Waals surface area contributed by atoms with E-state index in [1.165, 1.54) is 10.8 Å². The Labute approximate surface area is 167 Å². The number of rotatable bonds is 4. The highest BCUT2D eigenvalue weighted by atomic mass is 16.5. The minimum absolute atomic E-state index is 0.146. The van der Waals surface area contributed by atoms with Gasteiger partial charge in [0.1, 0.15) is 18.2 Å². The summed E-state index contributed by atoms with van der Waals surface area (Å²) in [7, 11) is 0. The number of hydrogen-bond donors (Lipinski definition) is 1. The predicted molar refractivity (Wildman–Crippen MR) is 116 cm³/mol. The molecular formula is C25H18N2O2. The zero-order valence-electron chi connectivity index (χ0n) is 15.6. The number of nitrogens with zero attached hydrogens (tertiary/aromatic N) is 1. The number of aromatic nitrogens is 2. The molecule has 140 valence electrons. The second-order valence-electron chi connectivity index (χ2n) is 6.89. The van der Waals surface area contributed by atoms with E-state index >= 15 is 0 Å². The quantitative estimate of drug-likeness (QED) is 0.460. The minimum atomic E-state index is -0.146. The first-order valence-electron chi connectivity index (χ1n) is 9.47. The van der Waals surface area contributed by atoms with E-state index in [4.69, 9.17) is 4.74 Å². The van der Waals surface area contributed by atoms with Gasteiger partial charge in [0.05, 0.1) is 10.9 Å². The van der Waals surface area contributed by atoms with Crippen LogP contribution < -0.4 is 10.3 Å². The molecule has 5 aromatic rings. The fourth-order valence-electron chi connectivity index (χ4n) is 3.54. The Morgan fingerprint density at radius 3 is 2.48 bits per heavy atom. The monoisotopic (exact) mass is 378 g/mol. The summed E-state index contributed by atoms with van der Waals surface area (Å²) in [4.78, 5) is 19.8. The van der Waals surface area contributed by atoms with E-state index < -0.39 is 0 Å². The number of hydrogen-bond acceptors (Lipinski definition) is 3. The summed E-state index contributed by atoms with van der Waals surface area (Å²) in [5.74, 6) is 1.26. The van der Waals surface area contributed by atoms with Crippen LogP contribution in [-0.4, -0.2) is 9.97 Å². The first kappa shape index (κ1) is 17.2. The van der Waals surface area contributed by atoms with Gasteiger partial charge >= 0.3 is 0 Å². The lowest BCUT2D eigenvalue weighted by Crippen LogP contribution is -2.09. The Balaban J connectivity index is 1.45. The van der Waals surface area contributed by atoms with Crippen molar-refractivity contribution in [3.63, 3.8) is 0 Å². The van der Waals surface area contributed by atoms with Crippen LogP contribution in [0, 0.1) is 0 Å². The van der Waals surface area contributed by atoms with Gasteiger partial charge < -0.3 is 9.72 Å². The molecule has 0 spiro atoms. The molecule has 0 aliphatic carbocycles. The Hall–Kier alpha value is -3.92. The zero-order chi connectivity index (χ0) is 19.6. The van der Waals surface area contributed by atoms with Crippen LogP contribution in [0.4, 0.5) is 0 Å². The highest BCUT2D eigenvalue weighted by Gasteiger charge is 2.07. The molecule has 0 radical (unpaired) electrons. The van der Waals surface area contributed by atoms with Crippen molar-refractivity contribution in [3.8, 4) is 17.1 Å². The Bertz CT molecular complexity index is 1380. The van der Waals surface area contributed by atoms with E-state index in [1.807, 2.05) is 60.7 Å². The van der Waals surface area contributed by atoms with Crippen molar-refractivity contribution in [1.29, 1.82) is 0 Å². The molecule has 0 saturated heterocycles. The maximum atomic E-state index is 12.4. The SMILES string of the molecule is O=c1[nH]c(-c2cccc(OCc3cccc4ccccc34)c2)nc2ccccc12. The summed E-state index contributed by atoms with van der Waals surface area (Å²) in [6.45, 7) is 0.465. The molecule has 4 aromatic carbocycles. The highest BCUT2D eigenvalue weighted by molar-refractivity contribution is 5.85. The first-order valence-corrected chi connectivity index (χ1v) is 9.47.